The highest BCUT2D eigenvalue weighted by Crippen LogP contribution is 2.26. The number of hydrogen-bond donors (Lipinski definition) is 0. The summed E-state index contributed by atoms with van der Waals surface area (Å²) in [4.78, 5) is 11.0. The zero-order chi connectivity index (χ0) is 14.8. The number of aromatic nitrogens is 2. The van der Waals surface area contributed by atoms with E-state index in [0.29, 0.717) is 12.5 Å². The van der Waals surface area contributed by atoms with E-state index >= 15 is 0 Å². The molecule has 0 N–H and O–H groups in total. The van der Waals surface area contributed by atoms with Crippen LogP contribution >= 0.6 is 0 Å². The predicted octanol–water partition coefficient (Wildman–Crippen LogP) is 3.05. The largest absolute Gasteiger partial charge is 0.298 e. The predicted molar refractivity (Wildman–Crippen MR) is 75.8 cm³/mol. The first kappa shape index (κ1) is 14.1. The van der Waals surface area contributed by atoms with E-state index in [-0.39, 0.29) is 0 Å². The van der Waals surface area contributed by atoms with Crippen LogP contribution in [0.1, 0.15) is 29.4 Å². The molecule has 0 spiro atoms. The topological polar surface area (TPSA) is 29.0 Å². The zero-order valence-electron chi connectivity index (χ0n) is 11.9. The van der Waals surface area contributed by atoms with E-state index in [0.717, 1.165) is 36.6 Å². The van der Waals surface area contributed by atoms with Crippen molar-refractivity contribution in [2.45, 2.75) is 25.8 Å². The number of aryl methyl sites for hydroxylation is 1. The molecular weight excluding hydrogens is 272 g/mol. The van der Waals surface area contributed by atoms with Crippen molar-refractivity contribution in [3.8, 4) is 0 Å². The molecule has 0 aliphatic carbocycles. The molecule has 1 aliphatic rings. The maximum absolute atomic E-state index is 13.2. The lowest BCUT2D eigenvalue weighted by molar-refractivity contribution is 0.324. The van der Waals surface area contributed by atoms with E-state index in [1.54, 1.807) is 12.3 Å². The lowest BCUT2D eigenvalue weighted by Gasteiger charge is -2.16. The molecule has 0 amide bonds. The number of halogens is 2. The Hall–Kier alpha value is -1.88. The molecule has 0 unspecified atom stereocenters. The Morgan fingerprint density at radius 1 is 1.24 bits per heavy atom. The van der Waals surface area contributed by atoms with Gasteiger partial charge in [0, 0.05) is 30.9 Å². The average Bonchev–Trinajstić information content (AvgIpc) is 2.91. The van der Waals surface area contributed by atoms with Crippen molar-refractivity contribution in [1.82, 2.24) is 14.9 Å². The molecule has 110 valence electrons. The van der Waals surface area contributed by atoms with E-state index < -0.39 is 11.6 Å². The third kappa shape index (κ3) is 3.24. The standard InChI is InChI=1S/C16H17F2N3/c1-11-4-6-19-16(20-11)13-5-7-21(10-13)9-12-2-3-14(17)15(18)8-12/h2-4,6,8,13H,5,7,9-10H2,1H3/t13-/m1/s1. The Morgan fingerprint density at radius 2 is 2.10 bits per heavy atom. The molecule has 3 rings (SSSR count). The van der Waals surface area contributed by atoms with Crippen molar-refractivity contribution in [1.29, 1.82) is 0 Å². The molecule has 5 heteroatoms. The molecule has 0 saturated carbocycles. The fraction of sp³-hybridized carbons (Fsp3) is 0.375. The minimum Gasteiger partial charge on any atom is -0.298 e. The van der Waals surface area contributed by atoms with Gasteiger partial charge < -0.3 is 0 Å². The summed E-state index contributed by atoms with van der Waals surface area (Å²) in [5.41, 5.74) is 1.76. The normalized spacial score (nSPS) is 19.1. The summed E-state index contributed by atoms with van der Waals surface area (Å²) in [6.07, 6.45) is 2.78. The molecule has 0 bridgehead atoms. The van der Waals surface area contributed by atoms with Crippen molar-refractivity contribution >= 4 is 0 Å². The summed E-state index contributed by atoms with van der Waals surface area (Å²) in [6.45, 7) is 4.35. The van der Waals surface area contributed by atoms with E-state index in [4.69, 9.17) is 0 Å². The highest BCUT2D eigenvalue weighted by Gasteiger charge is 2.26. The highest BCUT2D eigenvalue weighted by atomic mass is 19.2. The van der Waals surface area contributed by atoms with Crippen LogP contribution < -0.4 is 0 Å². The number of benzene rings is 1. The highest BCUT2D eigenvalue weighted by molar-refractivity contribution is 5.18. The van der Waals surface area contributed by atoms with E-state index in [1.807, 2.05) is 13.0 Å². The number of likely N-dealkylation sites (tertiary alicyclic amines) is 1. The third-order valence-electron chi connectivity index (χ3n) is 3.84. The SMILES string of the molecule is Cc1ccnc([C@@H]2CCN(Cc3ccc(F)c(F)c3)C2)n1. The smallest absolute Gasteiger partial charge is 0.159 e. The molecule has 1 aliphatic heterocycles. The van der Waals surface area contributed by atoms with Crippen LogP contribution in [0.2, 0.25) is 0 Å². The monoisotopic (exact) mass is 289 g/mol. The van der Waals surface area contributed by atoms with Crippen LogP contribution in [-0.4, -0.2) is 28.0 Å². The average molecular weight is 289 g/mol. The maximum atomic E-state index is 13.2. The number of hydrogen-bond acceptors (Lipinski definition) is 3. The van der Waals surface area contributed by atoms with Crippen LogP contribution in [0.25, 0.3) is 0 Å². The second kappa shape index (κ2) is 5.85. The molecule has 1 saturated heterocycles. The Kier molecular flexibility index (Phi) is 3.92. The molecule has 1 atom stereocenters. The zero-order valence-corrected chi connectivity index (χ0v) is 11.9. The van der Waals surface area contributed by atoms with Crippen molar-refractivity contribution in [2.75, 3.05) is 13.1 Å². The first-order valence-electron chi connectivity index (χ1n) is 7.07. The lowest BCUT2D eigenvalue weighted by Crippen LogP contribution is -2.20. The minimum absolute atomic E-state index is 0.315. The van der Waals surface area contributed by atoms with Gasteiger partial charge in [-0.15, -0.1) is 0 Å². The second-order valence-corrected chi connectivity index (χ2v) is 5.53. The summed E-state index contributed by atoms with van der Waals surface area (Å²) in [6, 6.07) is 5.97. The maximum Gasteiger partial charge on any atom is 0.159 e. The van der Waals surface area contributed by atoms with Gasteiger partial charge in [0.05, 0.1) is 0 Å². The van der Waals surface area contributed by atoms with Gasteiger partial charge in [0.2, 0.25) is 0 Å². The van der Waals surface area contributed by atoms with Crippen molar-refractivity contribution < 1.29 is 8.78 Å². The van der Waals surface area contributed by atoms with Gasteiger partial charge in [0.1, 0.15) is 5.82 Å². The van der Waals surface area contributed by atoms with Gasteiger partial charge in [0.25, 0.3) is 0 Å². The first-order chi connectivity index (χ1) is 10.1. The van der Waals surface area contributed by atoms with Crippen LogP contribution in [0.5, 0.6) is 0 Å². The van der Waals surface area contributed by atoms with Crippen LogP contribution in [-0.2, 0) is 6.54 Å². The number of nitrogens with zero attached hydrogens (tertiary/aromatic N) is 3. The molecule has 1 fully saturated rings. The molecule has 21 heavy (non-hydrogen) atoms. The van der Waals surface area contributed by atoms with Crippen LogP contribution in [0, 0.1) is 18.6 Å². The molecule has 2 aromatic rings. The van der Waals surface area contributed by atoms with Gasteiger partial charge in [-0.05, 0) is 43.7 Å². The van der Waals surface area contributed by atoms with Crippen molar-refractivity contribution in [3.63, 3.8) is 0 Å². The quantitative estimate of drug-likeness (QED) is 0.869. The fourth-order valence-electron chi connectivity index (χ4n) is 2.75. The molecule has 2 heterocycles. The first-order valence-corrected chi connectivity index (χ1v) is 7.07. The molecule has 1 aromatic heterocycles. The number of rotatable bonds is 3. The summed E-state index contributed by atoms with van der Waals surface area (Å²) >= 11 is 0. The van der Waals surface area contributed by atoms with Crippen molar-refractivity contribution in [3.05, 3.63) is 59.2 Å². The van der Waals surface area contributed by atoms with Crippen LogP contribution in [0.15, 0.2) is 30.5 Å². The summed E-state index contributed by atoms with van der Waals surface area (Å²) in [7, 11) is 0. The molecular formula is C16H17F2N3. The fourth-order valence-corrected chi connectivity index (χ4v) is 2.75. The second-order valence-electron chi connectivity index (χ2n) is 5.53. The third-order valence-corrected chi connectivity index (χ3v) is 3.84. The van der Waals surface area contributed by atoms with Gasteiger partial charge in [0.15, 0.2) is 11.6 Å². The van der Waals surface area contributed by atoms with E-state index in [9.17, 15) is 8.78 Å². The molecule has 0 radical (unpaired) electrons. The Morgan fingerprint density at radius 3 is 2.86 bits per heavy atom. The van der Waals surface area contributed by atoms with Crippen LogP contribution in [0.4, 0.5) is 8.78 Å². The van der Waals surface area contributed by atoms with Gasteiger partial charge in [-0.3, -0.25) is 4.90 Å². The molecule has 3 nitrogen and oxygen atoms in total. The minimum atomic E-state index is -0.800. The Balaban J connectivity index is 1.65. The van der Waals surface area contributed by atoms with Crippen LogP contribution in [0.3, 0.4) is 0 Å². The summed E-state index contributed by atoms with van der Waals surface area (Å²) in [5.74, 6) is -0.394. The Labute approximate surface area is 122 Å². The van der Waals surface area contributed by atoms with Gasteiger partial charge in [-0.2, -0.15) is 0 Å². The van der Waals surface area contributed by atoms with Crippen molar-refractivity contribution in [2.24, 2.45) is 0 Å². The van der Waals surface area contributed by atoms with Gasteiger partial charge >= 0.3 is 0 Å². The lowest BCUT2D eigenvalue weighted by atomic mass is 10.1. The van der Waals surface area contributed by atoms with E-state index in [1.165, 1.54) is 12.1 Å². The van der Waals surface area contributed by atoms with E-state index in [2.05, 4.69) is 14.9 Å². The summed E-state index contributed by atoms with van der Waals surface area (Å²) < 4.78 is 26.2. The van der Waals surface area contributed by atoms with Gasteiger partial charge in [-0.25, -0.2) is 18.7 Å². The summed E-state index contributed by atoms with van der Waals surface area (Å²) in [5, 5.41) is 0. The molecule has 1 aromatic carbocycles. The van der Waals surface area contributed by atoms with Gasteiger partial charge in [-0.1, -0.05) is 6.07 Å². The Bertz CT molecular complexity index is 645.